The number of hydrogen-bond donors (Lipinski definition) is 2. The molecule has 7 nitrogen and oxygen atoms in total. The first kappa shape index (κ1) is 20.1. The highest BCUT2D eigenvalue weighted by Crippen LogP contribution is 2.19. The van der Waals surface area contributed by atoms with Gasteiger partial charge in [-0.1, -0.05) is 29.8 Å². The summed E-state index contributed by atoms with van der Waals surface area (Å²) in [6.45, 7) is 4.96. The average molecular weight is 375 g/mol. The van der Waals surface area contributed by atoms with Crippen LogP contribution in [0, 0.1) is 0 Å². The van der Waals surface area contributed by atoms with Crippen LogP contribution in [0.15, 0.2) is 41.8 Å². The fourth-order valence-corrected chi connectivity index (χ4v) is 3.20. The quantitative estimate of drug-likeness (QED) is 0.500. The first-order chi connectivity index (χ1) is 11.3. The third-order valence-corrected chi connectivity index (χ3v) is 4.81. The monoisotopic (exact) mass is 374 g/mol. The van der Waals surface area contributed by atoms with Crippen molar-refractivity contribution < 1.29 is 22.7 Å². The number of hydrogen-bond acceptors (Lipinski definition) is 5. The Morgan fingerprint density at radius 3 is 2.67 bits per heavy atom. The number of halogens is 1. The first-order valence-corrected chi connectivity index (χ1v) is 8.96. The van der Waals surface area contributed by atoms with Crippen molar-refractivity contribution in [1.82, 2.24) is 10.0 Å². The van der Waals surface area contributed by atoms with Crippen molar-refractivity contribution >= 4 is 33.5 Å². The number of sulfonamides is 1. The molecule has 1 rings (SSSR count). The predicted molar refractivity (Wildman–Crippen MR) is 90.0 cm³/mol. The van der Waals surface area contributed by atoms with Crippen molar-refractivity contribution in [3.8, 4) is 0 Å². The molecule has 2 N–H and O–H groups in total. The lowest BCUT2D eigenvalue weighted by molar-refractivity contribution is -0.154. The number of ether oxygens (including phenoxy) is 1. The molecule has 0 aliphatic heterocycles. The molecule has 0 unspecified atom stereocenters. The van der Waals surface area contributed by atoms with Crippen LogP contribution < -0.4 is 10.0 Å². The molecule has 0 saturated heterocycles. The van der Waals surface area contributed by atoms with E-state index in [4.69, 9.17) is 16.3 Å². The Labute approximate surface area is 146 Å². The van der Waals surface area contributed by atoms with Crippen molar-refractivity contribution in [2.45, 2.75) is 24.3 Å². The van der Waals surface area contributed by atoms with E-state index in [-0.39, 0.29) is 29.4 Å². The molecule has 1 amide bonds. The molecule has 24 heavy (non-hydrogen) atoms. The molecule has 0 heterocycles. The summed E-state index contributed by atoms with van der Waals surface area (Å²) >= 11 is 5.83. The maximum Gasteiger partial charge on any atom is 0.307 e. The van der Waals surface area contributed by atoms with Gasteiger partial charge >= 0.3 is 5.97 Å². The van der Waals surface area contributed by atoms with Crippen LogP contribution in [0.25, 0.3) is 0 Å². The van der Waals surface area contributed by atoms with E-state index in [0.717, 1.165) is 0 Å². The minimum Gasteiger partial charge on any atom is -0.453 e. The Morgan fingerprint density at radius 2 is 2.04 bits per heavy atom. The number of amides is 1. The Balaban J connectivity index is 2.47. The minimum atomic E-state index is -3.82. The van der Waals surface area contributed by atoms with Gasteiger partial charge in [0, 0.05) is 13.1 Å². The molecular weight excluding hydrogens is 356 g/mol. The smallest absolute Gasteiger partial charge is 0.307 e. The maximum atomic E-state index is 12.1. The van der Waals surface area contributed by atoms with Crippen LogP contribution >= 0.6 is 11.6 Å². The van der Waals surface area contributed by atoms with E-state index in [1.807, 2.05) is 0 Å². The van der Waals surface area contributed by atoms with Crippen molar-refractivity contribution in [3.63, 3.8) is 0 Å². The zero-order chi connectivity index (χ0) is 18.2. The highest BCUT2D eigenvalue weighted by molar-refractivity contribution is 7.89. The van der Waals surface area contributed by atoms with Gasteiger partial charge in [-0.05, 0) is 19.1 Å². The number of benzene rings is 1. The van der Waals surface area contributed by atoms with Gasteiger partial charge in [-0.3, -0.25) is 9.59 Å². The second-order valence-electron chi connectivity index (χ2n) is 4.74. The average Bonchev–Trinajstić information content (AvgIpc) is 2.52. The molecule has 0 spiro atoms. The number of carbonyl (C=O) groups is 2. The topological polar surface area (TPSA) is 102 Å². The van der Waals surface area contributed by atoms with E-state index >= 15 is 0 Å². The Bertz CT molecular complexity index is 706. The molecule has 1 aromatic carbocycles. The van der Waals surface area contributed by atoms with Crippen molar-refractivity contribution in [2.24, 2.45) is 0 Å². The van der Waals surface area contributed by atoms with E-state index in [9.17, 15) is 18.0 Å². The summed E-state index contributed by atoms with van der Waals surface area (Å²) in [5, 5.41) is 2.57. The fourth-order valence-electron chi connectivity index (χ4n) is 1.65. The van der Waals surface area contributed by atoms with Crippen molar-refractivity contribution in [1.29, 1.82) is 0 Å². The van der Waals surface area contributed by atoms with Crippen LogP contribution in [0.5, 0.6) is 0 Å². The molecule has 0 aliphatic carbocycles. The van der Waals surface area contributed by atoms with E-state index in [1.165, 1.54) is 31.2 Å². The van der Waals surface area contributed by atoms with Gasteiger partial charge in [0.05, 0.1) is 11.4 Å². The maximum absolute atomic E-state index is 12.1. The lowest BCUT2D eigenvalue weighted by Crippen LogP contribution is -2.36. The van der Waals surface area contributed by atoms with Gasteiger partial charge in [0.1, 0.15) is 4.90 Å². The number of carbonyl (C=O) groups excluding carboxylic acids is 2. The molecule has 0 aliphatic rings. The van der Waals surface area contributed by atoms with Crippen molar-refractivity contribution in [2.75, 3.05) is 13.1 Å². The normalized spacial score (nSPS) is 12.2. The summed E-state index contributed by atoms with van der Waals surface area (Å²) in [5.41, 5.74) is 0. The zero-order valence-corrected chi connectivity index (χ0v) is 14.7. The zero-order valence-electron chi connectivity index (χ0n) is 13.1. The van der Waals surface area contributed by atoms with E-state index < -0.39 is 28.0 Å². The third-order valence-electron chi connectivity index (χ3n) is 2.85. The SMILES string of the molecule is C=CCNC(=O)[C@H](C)OC(=O)CCNS(=O)(=O)c1ccccc1Cl. The predicted octanol–water partition coefficient (Wildman–Crippen LogP) is 1.24. The largest absolute Gasteiger partial charge is 0.453 e. The number of rotatable bonds is 9. The molecule has 0 saturated carbocycles. The second-order valence-corrected chi connectivity index (χ2v) is 6.89. The van der Waals surface area contributed by atoms with Crippen LogP contribution in [0.2, 0.25) is 5.02 Å². The van der Waals surface area contributed by atoms with E-state index in [2.05, 4.69) is 16.6 Å². The van der Waals surface area contributed by atoms with Gasteiger partial charge in [-0.25, -0.2) is 13.1 Å². The molecule has 1 atom stereocenters. The van der Waals surface area contributed by atoms with Gasteiger partial charge in [0.15, 0.2) is 6.10 Å². The van der Waals surface area contributed by atoms with Gasteiger partial charge in [-0.2, -0.15) is 0 Å². The number of esters is 1. The molecule has 0 bridgehead atoms. The molecule has 0 fully saturated rings. The van der Waals surface area contributed by atoms with Crippen LogP contribution in [-0.4, -0.2) is 39.5 Å². The molecular formula is C15H19ClN2O5S. The minimum absolute atomic E-state index is 0.0720. The van der Waals surface area contributed by atoms with Crippen LogP contribution in [0.1, 0.15) is 13.3 Å². The molecule has 132 valence electrons. The Hall–Kier alpha value is -1.90. The van der Waals surface area contributed by atoms with Crippen LogP contribution in [0.3, 0.4) is 0 Å². The summed E-state index contributed by atoms with van der Waals surface area (Å²) in [6.07, 6.45) is 0.302. The lowest BCUT2D eigenvalue weighted by atomic mass is 10.3. The van der Waals surface area contributed by atoms with Crippen LogP contribution in [-0.2, 0) is 24.3 Å². The highest BCUT2D eigenvalue weighted by atomic mass is 35.5. The first-order valence-electron chi connectivity index (χ1n) is 7.10. The van der Waals surface area contributed by atoms with E-state index in [0.29, 0.717) is 0 Å². The Kier molecular flexibility index (Phi) is 7.90. The lowest BCUT2D eigenvalue weighted by Gasteiger charge is -2.13. The summed E-state index contributed by atoms with van der Waals surface area (Å²) < 4.78 is 31.3. The van der Waals surface area contributed by atoms with Crippen molar-refractivity contribution in [3.05, 3.63) is 41.9 Å². The third kappa shape index (κ3) is 6.31. The fraction of sp³-hybridized carbons (Fsp3) is 0.333. The van der Waals surface area contributed by atoms with Gasteiger partial charge in [-0.15, -0.1) is 6.58 Å². The van der Waals surface area contributed by atoms with Gasteiger partial charge in [0.2, 0.25) is 10.0 Å². The highest BCUT2D eigenvalue weighted by Gasteiger charge is 2.19. The molecule has 0 aromatic heterocycles. The number of nitrogens with one attached hydrogen (secondary N) is 2. The van der Waals surface area contributed by atoms with Gasteiger partial charge < -0.3 is 10.1 Å². The van der Waals surface area contributed by atoms with Gasteiger partial charge in [0.25, 0.3) is 5.91 Å². The summed E-state index contributed by atoms with van der Waals surface area (Å²) in [7, 11) is -3.82. The molecule has 0 radical (unpaired) electrons. The summed E-state index contributed by atoms with van der Waals surface area (Å²) in [6, 6.07) is 5.96. The summed E-state index contributed by atoms with van der Waals surface area (Å²) in [5.74, 6) is -1.15. The molecule has 1 aromatic rings. The second kappa shape index (κ2) is 9.41. The van der Waals surface area contributed by atoms with E-state index in [1.54, 1.807) is 6.07 Å². The molecule has 9 heteroatoms. The Morgan fingerprint density at radius 1 is 1.38 bits per heavy atom. The standard InChI is InChI=1S/C15H19ClN2O5S/c1-3-9-17-15(20)11(2)23-14(19)8-10-18-24(21,22)13-7-5-4-6-12(13)16/h3-7,11,18H,1,8-10H2,2H3,(H,17,20)/t11-/m0/s1. The van der Waals surface area contributed by atoms with Crippen LogP contribution in [0.4, 0.5) is 0 Å². The summed E-state index contributed by atoms with van der Waals surface area (Å²) in [4.78, 5) is 23.1.